The van der Waals surface area contributed by atoms with Crippen LogP contribution in [0.2, 0.25) is 0 Å². The van der Waals surface area contributed by atoms with Crippen molar-refractivity contribution in [3.63, 3.8) is 0 Å². The Morgan fingerprint density at radius 2 is 2.09 bits per heavy atom. The van der Waals surface area contributed by atoms with E-state index in [1.54, 1.807) is 0 Å². The van der Waals surface area contributed by atoms with Gasteiger partial charge in [0.2, 0.25) is 5.91 Å². The first-order valence-electron chi connectivity index (χ1n) is 12.0. The van der Waals surface area contributed by atoms with Crippen LogP contribution in [0.5, 0.6) is 0 Å². The van der Waals surface area contributed by atoms with Crippen molar-refractivity contribution in [2.24, 2.45) is 0 Å². The number of hydrogen-bond acceptors (Lipinski definition) is 6. The number of carbonyl (C=O) groups excluding carboxylic acids is 1. The van der Waals surface area contributed by atoms with E-state index < -0.39 is 0 Å². The molecule has 2 fully saturated rings. The van der Waals surface area contributed by atoms with Gasteiger partial charge in [0.25, 0.3) is 0 Å². The number of H-pyrrole nitrogens is 1. The topological polar surface area (TPSA) is 88.1 Å². The van der Waals surface area contributed by atoms with E-state index in [2.05, 4.69) is 49.0 Å². The molecule has 8 nitrogen and oxygen atoms in total. The summed E-state index contributed by atoms with van der Waals surface area (Å²) in [6.45, 7) is 6.87. The van der Waals surface area contributed by atoms with Crippen LogP contribution in [0.1, 0.15) is 32.6 Å². The number of piperidine rings is 1. The van der Waals surface area contributed by atoms with Gasteiger partial charge in [0, 0.05) is 48.4 Å². The molecule has 1 amide bonds. The van der Waals surface area contributed by atoms with Gasteiger partial charge < -0.3 is 19.9 Å². The summed E-state index contributed by atoms with van der Waals surface area (Å²) in [5.41, 5.74) is 2.09. The quantitative estimate of drug-likeness (QED) is 0.493. The zero-order chi connectivity index (χ0) is 22.6. The fourth-order valence-corrected chi connectivity index (χ4v) is 5.56. The van der Waals surface area contributed by atoms with Gasteiger partial charge >= 0.3 is 0 Å². The lowest BCUT2D eigenvalue weighted by atomic mass is 10.1. The van der Waals surface area contributed by atoms with E-state index >= 15 is 0 Å². The molecule has 176 valence electrons. The van der Waals surface area contributed by atoms with E-state index in [9.17, 15) is 4.79 Å². The molecular weight excluding hydrogens is 436 g/mol. The number of amides is 1. The molecule has 2 N–H and O–H groups in total. The first-order valence-corrected chi connectivity index (χ1v) is 13.0. The Balaban J connectivity index is 1.30. The number of aromatic amines is 1. The largest absolute Gasteiger partial charge is 0.376 e. The summed E-state index contributed by atoms with van der Waals surface area (Å²) in [6.07, 6.45) is 6.30. The van der Waals surface area contributed by atoms with E-state index in [1.807, 2.05) is 18.3 Å². The maximum absolute atomic E-state index is 12.7. The summed E-state index contributed by atoms with van der Waals surface area (Å²) in [7, 11) is 0. The second kappa shape index (κ2) is 10.3. The van der Waals surface area contributed by atoms with Gasteiger partial charge in [-0.2, -0.15) is 0 Å². The van der Waals surface area contributed by atoms with Crippen LogP contribution in [0.3, 0.4) is 0 Å². The molecule has 0 unspecified atom stereocenters. The van der Waals surface area contributed by atoms with E-state index in [-0.39, 0.29) is 18.1 Å². The molecule has 2 saturated heterocycles. The van der Waals surface area contributed by atoms with Crippen LogP contribution in [0.25, 0.3) is 22.3 Å². The number of nitrogens with one attached hydrogen (secondary N) is 2. The molecule has 0 saturated carbocycles. The SMILES string of the molecule is CCN1CCC(NC(=O)CSc2nnc(-c3c[nH]c4ccccc34)n2C[C@@H]2CCCO2)CC1. The molecule has 2 aromatic heterocycles. The lowest BCUT2D eigenvalue weighted by Crippen LogP contribution is -2.45. The Morgan fingerprint density at radius 1 is 1.24 bits per heavy atom. The Labute approximate surface area is 198 Å². The molecular formula is C24H32N6O2S. The van der Waals surface area contributed by atoms with E-state index in [4.69, 9.17) is 4.74 Å². The van der Waals surface area contributed by atoms with Gasteiger partial charge in [0.1, 0.15) is 0 Å². The normalized spacial score (nSPS) is 20.0. The molecule has 2 aliphatic heterocycles. The van der Waals surface area contributed by atoms with E-state index in [0.29, 0.717) is 12.3 Å². The molecule has 0 spiro atoms. The molecule has 4 heterocycles. The lowest BCUT2D eigenvalue weighted by Gasteiger charge is -2.31. The second-order valence-corrected chi connectivity index (χ2v) is 9.81. The predicted molar refractivity (Wildman–Crippen MR) is 130 cm³/mol. The Kier molecular flexibility index (Phi) is 6.99. The number of fused-ring (bicyclic) bond motifs is 1. The number of thioether (sulfide) groups is 1. The summed E-state index contributed by atoms with van der Waals surface area (Å²) >= 11 is 1.46. The third-order valence-electron chi connectivity index (χ3n) is 6.69. The highest BCUT2D eigenvalue weighted by Crippen LogP contribution is 2.31. The predicted octanol–water partition coefficient (Wildman–Crippen LogP) is 3.30. The van der Waals surface area contributed by atoms with Gasteiger partial charge in [-0.05, 0) is 38.3 Å². The summed E-state index contributed by atoms with van der Waals surface area (Å²) < 4.78 is 8.04. The average molecular weight is 469 g/mol. The minimum Gasteiger partial charge on any atom is -0.376 e. The monoisotopic (exact) mass is 468 g/mol. The van der Waals surface area contributed by atoms with Crippen molar-refractivity contribution in [2.75, 3.05) is 32.0 Å². The van der Waals surface area contributed by atoms with E-state index in [1.165, 1.54) is 11.8 Å². The van der Waals surface area contributed by atoms with Crippen molar-refractivity contribution < 1.29 is 9.53 Å². The lowest BCUT2D eigenvalue weighted by molar-refractivity contribution is -0.119. The minimum atomic E-state index is 0.0651. The molecule has 0 radical (unpaired) electrons. The Morgan fingerprint density at radius 3 is 2.88 bits per heavy atom. The number of ether oxygens (including phenoxy) is 1. The number of hydrogen-bond donors (Lipinski definition) is 2. The van der Waals surface area contributed by atoms with Gasteiger partial charge in [0.15, 0.2) is 11.0 Å². The van der Waals surface area contributed by atoms with Crippen molar-refractivity contribution in [3.8, 4) is 11.4 Å². The Bertz CT molecular complexity index is 1080. The maximum atomic E-state index is 12.7. The van der Waals surface area contributed by atoms with Crippen molar-refractivity contribution in [1.82, 2.24) is 30.0 Å². The van der Waals surface area contributed by atoms with Crippen LogP contribution in [0.15, 0.2) is 35.6 Å². The highest BCUT2D eigenvalue weighted by atomic mass is 32.2. The molecule has 0 aliphatic carbocycles. The van der Waals surface area contributed by atoms with Crippen LogP contribution < -0.4 is 5.32 Å². The van der Waals surface area contributed by atoms with Crippen LogP contribution >= 0.6 is 11.8 Å². The van der Waals surface area contributed by atoms with Crippen LogP contribution in [0, 0.1) is 0 Å². The number of aromatic nitrogens is 4. The van der Waals surface area contributed by atoms with Crippen molar-refractivity contribution in [3.05, 3.63) is 30.5 Å². The number of likely N-dealkylation sites (tertiary alicyclic amines) is 1. The third kappa shape index (κ3) is 5.10. The Hall–Kier alpha value is -2.36. The number of benzene rings is 1. The minimum absolute atomic E-state index is 0.0651. The number of rotatable bonds is 8. The first kappa shape index (κ1) is 22.4. The molecule has 1 atom stereocenters. The summed E-state index contributed by atoms with van der Waals surface area (Å²) in [4.78, 5) is 18.4. The standard InChI is InChI=1S/C24H32N6O2S/c1-2-29-11-9-17(10-12-29)26-22(31)16-33-24-28-27-23(30(24)15-18-6-5-13-32-18)20-14-25-21-8-4-3-7-19(20)21/h3-4,7-8,14,17-18,25H,2,5-6,9-13,15-16H2,1H3,(H,26,31)/t18-/m0/s1. The van der Waals surface area contributed by atoms with Gasteiger partial charge in [-0.25, -0.2) is 0 Å². The molecule has 33 heavy (non-hydrogen) atoms. The molecule has 0 bridgehead atoms. The summed E-state index contributed by atoms with van der Waals surface area (Å²) in [5.74, 6) is 1.22. The molecule has 2 aliphatic rings. The van der Waals surface area contributed by atoms with Gasteiger partial charge in [-0.3, -0.25) is 9.36 Å². The molecule has 9 heteroatoms. The van der Waals surface area contributed by atoms with E-state index in [0.717, 1.165) is 79.4 Å². The molecule has 5 rings (SSSR count). The molecule has 1 aromatic carbocycles. The number of nitrogens with zero attached hydrogens (tertiary/aromatic N) is 4. The van der Waals surface area contributed by atoms with Gasteiger partial charge in [-0.15, -0.1) is 10.2 Å². The van der Waals surface area contributed by atoms with Crippen LogP contribution in [0.4, 0.5) is 0 Å². The number of carbonyl (C=O) groups is 1. The molecule has 3 aromatic rings. The summed E-state index contributed by atoms with van der Waals surface area (Å²) in [6, 6.07) is 8.48. The first-order chi connectivity index (χ1) is 16.2. The fourth-order valence-electron chi connectivity index (χ4n) is 4.80. The highest BCUT2D eigenvalue weighted by molar-refractivity contribution is 7.99. The number of para-hydroxylation sites is 1. The zero-order valence-electron chi connectivity index (χ0n) is 19.1. The smallest absolute Gasteiger partial charge is 0.230 e. The van der Waals surface area contributed by atoms with Gasteiger partial charge in [0.05, 0.1) is 18.4 Å². The van der Waals surface area contributed by atoms with Gasteiger partial charge in [-0.1, -0.05) is 36.9 Å². The highest BCUT2D eigenvalue weighted by Gasteiger charge is 2.24. The zero-order valence-corrected chi connectivity index (χ0v) is 19.9. The van der Waals surface area contributed by atoms with Crippen molar-refractivity contribution in [2.45, 2.75) is 56.5 Å². The van der Waals surface area contributed by atoms with Crippen molar-refractivity contribution in [1.29, 1.82) is 0 Å². The van der Waals surface area contributed by atoms with Crippen LogP contribution in [-0.4, -0.2) is 74.7 Å². The maximum Gasteiger partial charge on any atom is 0.230 e. The fraction of sp³-hybridized carbons (Fsp3) is 0.542. The second-order valence-electron chi connectivity index (χ2n) is 8.86. The average Bonchev–Trinajstić information content (AvgIpc) is 3.59. The van der Waals surface area contributed by atoms with Crippen LogP contribution in [-0.2, 0) is 16.1 Å². The summed E-state index contributed by atoms with van der Waals surface area (Å²) in [5, 5.41) is 14.1. The third-order valence-corrected chi connectivity index (χ3v) is 7.66. The van der Waals surface area contributed by atoms with Crippen molar-refractivity contribution >= 4 is 28.6 Å².